The van der Waals surface area contributed by atoms with Crippen LogP contribution < -0.4 is 10.1 Å². The smallest absolute Gasteiger partial charge is 0.126 e. The molecule has 18 heavy (non-hydrogen) atoms. The lowest BCUT2D eigenvalue weighted by molar-refractivity contribution is 0.416. The van der Waals surface area contributed by atoms with E-state index in [1.807, 2.05) is 6.07 Å². The molecule has 3 heteroatoms. The molecule has 96 valence electrons. The van der Waals surface area contributed by atoms with Crippen molar-refractivity contribution in [2.75, 3.05) is 12.4 Å². The molecular weight excluding hydrogens is 242 g/mol. The summed E-state index contributed by atoms with van der Waals surface area (Å²) in [6, 6.07) is 8.33. The molecule has 1 aromatic heterocycles. The first-order chi connectivity index (χ1) is 8.49. The highest BCUT2D eigenvalue weighted by molar-refractivity contribution is 7.08. The van der Waals surface area contributed by atoms with Crippen molar-refractivity contribution in [3.8, 4) is 16.9 Å². The van der Waals surface area contributed by atoms with E-state index in [9.17, 15) is 0 Å². The summed E-state index contributed by atoms with van der Waals surface area (Å²) in [5, 5.41) is 7.70. The monoisotopic (exact) mass is 261 g/mol. The van der Waals surface area contributed by atoms with Crippen LogP contribution in [0, 0.1) is 0 Å². The van der Waals surface area contributed by atoms with Gasteiger partial charge in [0.2, 0.25) is 0 Å². The molecule has 0 aliphatic rings. The summed E-state index contributed by atoms with van der Waals surface area (Å²) < 4.78 is 5.43. The molecule has 0 saturated heterocycles. The molecule has 1 heterocycles. The zero-order valence-corrected chi connectivity index (χ0v) is 12.1. The Morgan fingerprint density at radius 3 is 2.50 bits per heavy atom. The van der Waals surface area contributed by atoms with Crippen LogP contribution in [0.4, 0.5) is 5.69 Å². The lowest BCUT2D eigenvalue weighted by Crippen LogP contribution is -2.25. The fraction of sp³-hybridized carbons (Fsp3) is 0.333. The van der Waals surface area contributed by atoms with Gasteiger partial charge in [0, 0.05) is 16.8 Å². The van der Waals surface area contributed by atoms with Gasteiger partial charge in [0.1, 0.15) is 5.75 Å². The first kappa shape index (κ1) is 13.0. The standard InChI is InChI=1S/C15H19NOS/c1-15(2,3)16-12-5-6-14(17-4)13(9-12)11-7-8-18-10-11/h5-10,16H,1-4H3. The number of methoxy groups -OCH3 is 1. The Balaban J connectivity index is 2.40. The van der Waals surface area contributed by atoms with Crippen molar-refractivity contribution in [2.24, 2.45) is 0 Å². The second-order valence-corrected chi connectivity index (χ2v) is 6.08. The molecule has 1 aromatic carbocycles. The number of hydrogen-bond acceptors (Lipinski definition) is 3. The second kappa shape index (κ2) is 5.02. The Labute approximate surface area is 113 Å². The van der Waals surface area contributed by atoms with Crippen molar-refractivity contribution in [1.82, 2.24) is 0 Å². The minimum absolute atomic E-state index is 0.0561. The number of rotatable bonds is 3. The molecule has 0 aliphatic heterocycles. The van der Waals surface area contributed by atoms with Gasteiger partial charge in [-0.05, 0) is 61.4 Å². The van der Waals surface area contributed by atoms with Crippen LogP contribution in [0.5, 0.6) is 5.75 Å². The molecule has 2 aromatic rings. The number of nitrogens with one attached hydrogen (secondary N) is 1. The van der Waals surface area contributed by atoms with Crippen molar-refractivity contribution in [2.45, 2.75) is 26.3 Å². The Kier molecular flexibility index (Phi) is 3.62. The van der Waals surface area contributed by atoms with Gasteiger partial charge >= 0.3 is 0 Å². The largest absolute Gasteiger partial charge is 0.496 e. The molecule has 2 rings (SSSR count). The summed E-state index contributed by atoms with van der Waals surface area (Å²) in [5.74, 6) is 0.910. The van der Waals surface area contributed by atoms with Crippen LogP contribution in [-0.4, -0.2) is 12.6 Å². The molecule has 0 saturated carbocycles. The SMILES string of the molecule is COc1ccc(NC(C)(C)C)cc1-c1ccsc1. The van der Waals surface area contributed by atoms with E-state index in [2.05, 4.69) is 55.0 Å². The molecule has 0 spiro atoms. The average molecular weight is 261 g/mol. The van der Waals surface area contributed by atoms with Gasteiger partial charge in [-0.3, -0.25) is 0 Å². The van der Waals surface area contributed by atoms with Crippen LogP contribution >= 0.6 is 11.3 Å². The molecule has 1 N–H and O–H groups in total. The van der Waals surface area contributed by atoms with E-state index in [0.717, 1.165) is 17.0 Å². The van der Waals surface area contributed by atoms with E-state index in [-0.39, 0.29) is 5.54 Å². The van der Waals surface area contributed by atoms with Crippen molar-refractivity contribution in [3.05, 3.63) is 35.0 Å². The van der Waals surface area contributed by atoms with E-state index >= 15 is 0 Å². The molecule has 0 radical (unpaired) electrons. The minimum atomic E-state index is 0.0561. The van der Waals surface area contributed by atoms with Crippen molar-refractivity contribution >= 4 is 17.0 Å². The zero-order valence-electron chi connectivity index (χ0n) is 11.3. The van der Waals surface area contributed by atoms with Crippen molar-refractivity contribution in [1.29, 1.82) is 0 Å². The maximum absolute atomic E-state index is 5.43. The van der Waals surface area contributed by atoms with Gasteiger partial charge in [-0.2, -0.15) is 11.3 Å². The third kappa shape index (κ3) is 3.05. The number of anilines is 1. The lowest BCUT2D eigenvalue weighted by atomic mass is 10.0. The highest BCUT2D eigenvalue weighted by Crippen LogP contribution is 2.34. The number of hydrogen-bond donors (Lipinski definition) is 1. The Bertz CT molecular complexity index is 512. The summed E-state index contributed by atoms with van der Waals surface area (Å²) in [5.41, 5.74) is 3.51. The van der Waals surface area contributed by atoms with Gasteiger partial charge < -0.3 is 10.1 Å². The molecule has 0 atom stereocenters. The van der Waals surface area contributed by atoms with Gasteiger partial charge in [-0.15, -0.1) is 0 Å². The lowest BCUT2D eigenvalue weighted by Gasteiger charge is -2.23. The predicted octanol–water partition coefficient (Wildman–Crippen LogP) is 4.63. The number of ether oxygens (including phenoxy) is 1. The molecular formula is C15H19NOS. The summed E-state index contributed by atoms with van der Waals surface area (Å²) in [6.45, 7) is 6.46. The molecule has 0 bridgehead atoms. The van der Waals surface area contributed by atoms with Crippen LogP contribution in [0.25, 0.3) is 11.1 Å². The third-order valence-corrected chi connectivity index (χ3v) is 3.23. The fourth-order valence-corrected chi connectivity index (χ4v) is 2.52. The molecule has 0 aliphatic carbocycles. The highest BCUT2D eigenvalue weighted by atomic mass is 32.1. The second-order valence-electron chi connectivity index (χ2n) is 5.30. The Morgan fingerprint density at radius 1 is 1.17 bits per heavy atom. The van der Waals surface area contributed by atoms with Gasteiger partial charge in [0.15, 0.2) is 0 Å². The number of benzene rings is 1. The average Bonchev–Trinajstić information content (AvgIpc) is 2.80. The first-order valence-electron chi connectivity index (χ1n) is 5.98. The van der Waals surface area contributed by atoms with Gasteiger partial charge in [0.25, 0.3) is 0 Å². The van der Waals surface area contributed by atoms with E-state index in [1.54, 1.807) is 18.4 Å². The maximum atomic E-state index is 5.43. The number of thiophene rings is 1. The summed E-state index contributed by atoms with van der Waals surface area (Å²) >= 11 is 1.70. The molecule has 0 amide bonds. The third-order valence-electron chi connectivity index (χ3n) is 2.55. The van der Waals surface area contributed by atoms with Crippen LogP contribution in [0.15, 0.2) is 35.0 Å². The van der Waals surface area contributed by atoms with Crippen LogP contribution in [0.2, 0.25) is 0 Å². The van der Waals surface area contributed by atoms with E-state index in [0.29, 0.717) is 0 Å². The minimum Gasteiger partial charge on any atom is -0.496 e. The Morgan fingerprint density at radius 2 is 1.94 bits per heavy atom. The summed E-state index contributed by atoms with van der Waals surface area (Å²) in [7, 11) is 1.71. The van der Waals surface area contributed by atoms with Crippen LogP contribution in [0.3, 0.4) is 0 Å². The predicted molar refractivity (Wildman–Crippen MR) is 79.7 cm³/mol. The van der Waals surface area contributed by atoms with E-state index < -0.39 is 0 Å². The summed E-state index contributed by atoms with van der Waals surface area (Å²) in [6.07, 6.45) is 0. The summed E-state index contributed by atoms with van der Waals surface area (Å²) in [4.78, 5) is 0. The van der Waals surface area contributed by atoms with Gasteiger partial charge in [-0.1, -0.05) is 0 Å². The molecule has 2 nitrogen and oxygen atoms in total. The van der Waals surface area contributed by atoms with Crippen LogP contribution in [0.1, 0.15) is 20.8 Å². The van der Waals surface area contributed by atoms with Crippen molar-refractivity contribution < 1.29 is 4.74 Å². The first-order valence-corrected chi connectivity index (χ1v) is 6.93. The van der Waals surface area contributed by atoms with Crippen LogP contribution in [-0.2, 0) is 0 Å². The maximum Gasteiger partial charge on any atom is 0.126 e. The molecule has 0 fully saturated rings. The van der Waals surface area contributed by atoms with Crippen molar-refractivity contribution in [3.63, 3.8) is 0 Å². The van der Waals surface area contributed by atoms with Gasteiger partial charge in [-0.25, -0.2) is 0 Å². The van der Waals surface area contributed by atoms with Gasteiger partial charge in [0.05, 0.1) is 7.11 Å². The normalized spacial score (nSPS) is 11.3. The topological polar surface area (TPSA) is 21.3 Å². The fourth-order valence-electron chi connectivity index (χ4n) is 1.86. The highest BCUT2D eigenvalue weighted by Gasteiger charge is 2.12. The Hall–Kier alpha value is -1.48. The quantitative estimate of drug-likeness (QED) is 0.869. The van der Waals surface area contributed by atoms with E-state index in [4.69, 9.17) is 4.74 Å². The van der Waals surface area contributed by atoms with E-state index in [1.165, 1.54) is 5.56 Å². The molecule has 0 unspecified atom stereocenters. The zero-order chi connectivity index (χ0) is 13.2.